The number of ether oxygens (including phenoxy) is 2. The van der Waals surface area contributed by atoms with Gasteiger partial charge in [-0.25, -0.2) is 9.59 Å². The fourth-order valence-corrected chi connectivity index (χ4v) is 3.63. The smallest absolute Gasteiger partial charge is 0.411 e. The molecule has 6 nitrogen and oxygen atoms in total. The molecule has 0 aliphatic carbocycles. The normalized spacial score (nSPS) is 19.1. The van der Waals surface area contributed by atoms with Crippen LogP contribution in [0, 0.1) is 0 Å². The second-order valence-electron chi connectivity index (χ2n) is 7.97. The molecule has 1 saturated heterocycles. The molecule has 2 aromatic carbocycles. The number of nitrogens with zero attached hydrogens (tertiary/aromatic N) is 1. The molecule has 1 aliphatic rings. The number of likely N-dealkylation sites (tertiary alicyclic amines) is 1. The van der Waals surface area contributed by atoms with Crippen molar-refractivity contribution in [2.45, 2.75) is 44.9 Å². The molecule has 1 fully saturated rings. The van der Waals surface area contributed by atoms with Crippen LogP contribution in [0.25, 0.3) is 11.1 Å². The molecular formula is C22H24BrNO5. The Morgan fingerprint density at radius 2 is 1.83 bits per heavy atom. The summed E-state index contributed by atoms with van der Waals surface area (Å²) in [6.45, 7) is 5.40. The van der Waals surface area contributed by atoms with Gasteiger partial charge in [-0.2, -0.15) is 0 Å². The fourth-order valence-electron chi connectivity index (χ4n) is 3.27. The third-order valence-corrected chi connectivity index (χ3v) is 4.99. The predicted molar refractivity (Wildman–Crippen MR) is 113 cm³/mol. The molecular weight excluding hydrogens is 438 g/mol. The highest BCUT2D eigenvalue weighted by molar-refractivity contribution is 9.10. The van der Waals surface area contributed by atoms with E-state index >= 15 is 0 Å². The first-order valence-electron chi connectivity index (χ1n) is 9.38. The van der Waals surface area contributed by atoms with Gasteiger partial charge >= 0.3 is 12.1 Å². The van der Waals surface area contributed by atoms with Crippen LogP contribution in [-0.4, -0.2) is 46.4 Å². The maximum absolute atomic E-state index is 12.5. The van der Waals surface area contributed by atoms with Crippen LogP contribution in [-0.2, 0) is 9.53 Å². The minimum Gasteiger partial charge on any atom is -0.488 e. The Balaban J connectivity index is 1.83. The number of rotatable bonds is 4. The first kappa shape index (κ1) is 21.2. The van der Waals surface area contributed by atoms with E-state index in [1.807, 2.05) is 48.5 Å². The maximum Gasteiger partial charge on any atom is 0.411 e. The summed E-state index contributed by atoms with van der Waals surface area (Å²) in [6, 6.07) is 14.5. The van der Waals surface area contributed by atoms with Crippen LogP contribution in [0.4, 0.5) is 4.79 Å². The second-order valence-corrected chi connectivity index (χ2v) is 8.88. The quantitative estimate of drug-likeness (QED) is 0.696. The lowest BCUT2D eigenvalue weighted by atomic mass is 10.0. The number of carboxylic acids is 1. The third-order valence-electron chi connectivity index (χ3n) is 4.50. The lowest BCUT2D eigenvalue weighted by Crippen LogP contribution is -2.43. The predicted octanol–water partition coefficient (Wildman–Crippen LogP) is 4.96. The van der Waals surface area contributed by atoms with Gasteiger partial charge in [0, 0.05) is 16.5 Å². The van der Waals surface area contributed by atoms with Gasteiger partial charge in [0.05, 0.1) is 6.54 Å². The summed E-state index contributed by atoms with van der Waals surface area (Å²) in [7, 11) is 0. The lowest BCUT2D eigenvalue weighted by molar-refractivity contribution is -0.142. The summed E-state index contributed by atoms with van der Waals surface area (Å²) in [5.41, 5.74) is 1.17. The van der Waals surface area contributed by atoms with Gasteiger partial charge in [0.1, 0.15) is 23.5 Å². The molecule has 0 bridgehead atoms. The molecule has 2 aromatic rings. The summed E-state index contributed by atoms with van der Waals surface area (Å²) in [5.74, 6) is -0.430. The van der Waals surface area contributed by atoms with Crippen molar-refractivity contribution in [1.82, 2.24) is 4.90 Å². The van der Waals surface area contributed by atoms with Crippen molar-refractivity contribution in [3.05, 3.63) is 53.0 Å². The fraction of sp³-hybridized carbons (Fsp3) is 0.364. The molecule has 2 unspecified atom stereocenters. The summed E-state index contributed by atoms with van der Waals surface area (Å²) in [5, 5.41) is 9.57. The van der Waals surface area contributed by atoms with Crippen molar-refractivity contribution in [1.29, 1.82) is 0 Å². The van der Waals surface area contributed by atoms with Crippen LogP contribution in [0.3, 0.4) is 0 Å². The SMILES string of the molecule is CC(C)(C)OC(=O)N1CC(Oc2ccc(Br)cc2-c2ccccc2)CC1C(=O)O. The summed E-state index contributed by atoms with van der Waals surface area (Å²) < 4.78 is 12.5. The van der Waals surface area contributed by atoms with Gasteiger partial charge in [-0.05, 0) is 44.5 Å². The zero-order valence-electron chi connectivity index (χ0n) is 16.6. The third kappa shape index (κ3) is 5.29. The Morgan fingerprint density at radius 3 is 2.45 bits per heavy atom. The van der Waals surface area contributed by atoms with Crippen molar-refractivity contribution in [3.63, 3.8) is 0 Å². The Kier molecular flexibility index (Phi) is 6.17. The van der Waals surface area contributed by atoms with E-state index in [-0.39, 0.29) is 13.0 Å². The van der Waals surface area contributed by atoms with Gasteiger partial charge < -0.3 is 14.6 Å². The summed E-state index contributed by atoms with van der Waals surface area (Å²) in [4.78, 5) is 25.4. The number of carbonyl (C=O) groups is 2. The number of amides is 1. The van der Waals surface area contributed by atoms with Crippen LogP contribution in [0.1, 0.15) is 27.2 Å². The minimum atomic E-state index is -1.07. The molecule has 0 saturated carbocycles. The Labute approximate surface area is 178 Å². The van der Waals surface area contributed by atoms with Gasteiger partial charge in [0.2, 0.25) is 0 Å². The van der Waals surface area contributed by atoms with Crippen LogP contribution >= 0.6 is 15.9 Å². The first-order chi connectivity index (χ1) is 13.6. The van der Waals surface area contributed by atoms with Gasteiger partial charge in [-0.3, -0.25) is 4.90 Å². The topological polar surface area (TPSA) is 76.1 Å². The highest BCUT2D eigenvalue weighted by Crippen LogP contribution is 2.35. The summed E-state index contributed by atoms with van der Waals surface area (Å²) in [6.07, 6.45) is -0.902. The molecule has 1 aliphatic heterocycles. The highest BCUT2D eigenvalue weighted by atomic mass is 79.9. The summed E-state index contributed by atoms with van der Waals surface area (Å²) >= 11 is 3.49. The van der Waals surface area contributed by atoms with E-state index in [4.69, 9.17) is 9.47 Å². The van der Waals surface area contributed by atoms with Crippen molar-refractivity contribution in [2.75, 3.05) is 6.54 Å². The van der Waals surface area contributed by atoms with Gasteiger partial charge in [0.25, 0.3) is 0 Å². The molecule has 1 N–H and O–H groups in total. The monoisotopic (exact) mass is 461 g/mol. The number of hydrogen-bond donors (Lipinski definition) is 1. The van der Waals surface area contributed by atoms with Crippen LogP contribution in [0.15, 0.2) is 53.0 Å². The maximum atomic E-state index is 12.5. The van der Waals surface area contributed by atoms with Gasteiger partial charge in [-0.1, -0.05) is 46.3 Å². The molecule has 0 spiro atoms. The van der Waals surface area contributed by atoms with E-state index in [1.54, 1.807) is 20.8 Å². The van der Waals surface area contributed by atoms with Crippen molar-refractivity contribution in [3.8, 4) is 16.9 Å². The van der Waals surface area contributed by atoms with Crippen LogP contribution < -0.4 is 4.74 Å². The Bertz CT molecular complexity index is 894. The molecule has 154 valence electrons. The molecule has 0 radical (unpaired) electrons. The average Bonchev–Trinajstić information content (AvgIpc) is 3.07. The molecule has 7 heteroatoms. The van der Waals surface area contributed by atoms with Crippen molar-refractivity contribution in [2.24, 2.45) is 0 Å². The second kappa shape index (κ2) is 8.45. The van der Waals surface area contributed by atoms with Crippen molar-refractivity contribution < 1.29 is 24.2 Å². The minimum absolute atomic E-state index is 0.149. The first-order valence-corrected chi connectivity index (χ1v) is 10.2. The van der Waals surface area contributed by atoms with Gasteiger partial charge in [0.15, 0.2) is 0 Å². The molecule has 2 atom stereocenters. The largest absolute Gasteiger partial charge is 0.488 e. The number of carboxylic acid groups (broad SMARTS) is 1. The molecule has 29 heavy (non-hydrogen) atoms. The van der Waals surface area contributed by atoms with E-state index in [9.17, 15) is 14.7 Å². The van der Waals surface area contributed by atoms with Crippen LogP contribution in [0.2, 0.25) is 0 Å². The number of hydrogen-bond acceptors (Lipinski definition) is 4. The molecule has 1 amide bonds. The number of halogens is 1. The molecule has 1 heterocycles. The lowest BCUT2D eigenvalue weighted by Gasteiger charge is -2.26. The van der Waals surface area contributed by atoms with Crippen molar-refractivity contribution >= 4 is 28.0 Å². The number of carbonyl (C=O) groups excluding carboxylic acids is 1. The highest BCUT2D eigenvalue weighted by Gasteiger charge is 2.42. The average molecular weight is 462 g/mol. The van der Waals surface area contributed by atoms with Gasteiger partial charge in [-0.15, -0.1) is 0 Å². The Morgan fingerprint density at radius 1 is 1.14 bits per heavy atom. The number of benzene rings is 2. The standard InChI is InChI=1S/C22H24BrNO5/c1-22(2,3)29-21(27)24-13-16(12-18(24)20(25)26)28-19-10-9-15(23)11-17(19)14-7-5-4-6-8-14/h4-11,16,18H,12-13H2,1-3H3,(H,25,26). The van der Waals surface area contributed by atoms with E-state index in [0.29, 0.717) is 5.75 Å². The van der Waals surface area contributed by atoms with E-state index < -0.39 is 29.8 Å². The zero-order chi connectivity index (χ0) is 21.2. The Hall–Kier alpha value is -2.54. The molecule has 3 rings (SSSR count). The number of aliphatic carboxylic acids is 1. The van der Waals surface area contributed by atoms with E-state index in [0.717, 1.165) is 15.6 Å². The van der Waals surface area contributed by atoms with Crippen LogP contribution in [0.5, 0.6) is 5.75 Å². The zero-order valence-corrected chi connectivity index (χ0v) is 18.2. The van der Waals surface area contributed by atoms with E-state index in [1.165, 1.54) is 4.90 Å². The van der Waals surface area contributed by atoms with E-state index in [2.05, 4.69) is 15.9 Å². The molecule has 0 aromatic heterocycles.